The second kappa shape index (κ2) is 4.89. The Labute approximate surface area is 97.7 Å². The second-order valence-electron chi connectivity index (χ2n) is 3.77. The van der Waals surface area contributed by atoms with Crippen molar-refractivity contribution >= 4 is 16.9 Å². The van der Waals surface area contributed by atoms with Crippen LogP contribution < -0.4 is 5.32 Å². The average Bonchev–Trinajstić information content (AvgIpc) is 2.67. The number of amidine groups is 1. The van der Waals surface area contributed by atoms with Gasteiger partial charge in [0.25, 0.3) is 0 Å². The molecule has 2 rings (SSSR count). The fraction of sp³-hybridized carbons (Fsp3) is 0.889. The molecule has 2 saturated heterocycles. The standard InChI is InChI=1S/C9H16N2O4S/c1-2-10-9-11-5-7(14)6(13)4(3-12)15-8(5)16-9/h4-8,12-14H,2-3H2,1H3,(H,10,11)/t4?,5-,6?,7?,8-/m1/s1. The molecule has 7 heteroatoms. The first-order chi connectivity index (χ1) is 7.67. The third-order valence-corrected chi connectivity index (χ3v) is 3.81. The van der Waals surface area contributed by atoms with E-state index in [4.69, 9.17) is 9.84 Å². The van der Waals surface area contributed by atoms with Crippen molar-refractivity contribution in [2.75, 3.05) is 13.2 Å². The van der Waals surface area contributed by atoms with Gasteiger partial charge in [-0.2, -0.15) is 0 Å². The molecule has 0 aliphatic carbocycles. The van der Waals surface area contributed by atoms with E-state index in [1.54, 1.807) is 0 Å². The van der Waals surface area contributed by atoms with Gasteiger partial charge in [-0.05, 0) is 6.92 Å². The summed E-state index contributed by atoms with van der Waals surface area (Å²) < 4.78 is 5.48. The average molecular weight is 248 g/mol. The van der Waals surface area contributed by atoms with Crippen LogP contribution >= 0.6 is 11.8 Å². The van der Waals surface area contributed by atoms with Gasteiger partial charge < -0.3 is 25.4 Å². The first-order valence-corrected chi connectivity index (χ1v) is 6.15. The summed E-state index contributed by atoms with van der Waals surface area (Å²) in [6, 6.07) is -0.368. The van der Waals surface area contributed by atoms with E-state index in [1.165, 1.54) is 11.8 Å². The molecule has 0 aromatic carbocycles. The van der Waals surface area contributed by atoms with Crippen LogP contribution in [0.15, 0.2) is 4.99 Å². The summed E-state index contributed by atoms with van der Waals surface area (Å²) in [4.78, 5) is 4.19. The maximum atomic E-state index is 9.86. The molecule has 0 aromatic heterocycles. The summed E-state index contributed by atoms with van der Waals surface area (Å²) in [5.41, 5.74) is -0.305. The Hall–Kier alpha value is -0.340. The minimum atomic E-state index is -1.07. The quantitative estimate of drug-likeness (QED) is 0.475. The number of nitrogens with one attached hydrogen (secondary N) is 1. The Morgan fingerprint density at radius 2 is 2.19 bits per heavy atom. The molecule has 0 aromatic rings. The molecule has 0 saturated carbocycles. The highest BCUT2D eigenvalue weighted by atomic mass is 32.2. The predicted octanol–water partition coefficient (Wildman–Crippen LogP) is -1.49. The molecule has 0 amide bonds. The van der Waals surface area contributed by atoms with Gasteiger partial charge in [-0.15, -0.1) is 0 Å². The number of nitrogens with zero attached hydrogens (tertiary/aromatic N) is 1. The van der Waals surface area contributed by atoms with Crippen LogP contribution in [0, 0.1) is 0 Å². The van der Waals surface area contributed by atoms with Gasteiger partial charge in [0.05, 0.1) is 12.6 Å². The lowest BCUT2D eigenvalue weighted by Crippen LogP contribution is -2.59. The summed E-state index contributed by atoms with van der Waals surface area (Å²) in [5, 5.41) is 32.3. The predicted molar refractivity (Wildman–Crippen MR) is 60.3 cm³/mol. The van der Waals surface area contributed by atoms with Gasteiger partial charge in [0.2, 0.25) is 0 Å². The van der Waals surface area contributed by atoms with Gasteiger partial charge in [-0.3, -0.25) is 4.99 Å². The smallest absolute Gasteiger partial charge is 0.159 e. The normalized spacial score (nSPS) is 45.5. The lowest BCUT2D eigenvalue weighted by molar-refractivity contribution is -0.167. The van der Waals surface area contributed by atoms with E-state index in [9.17, 15) is 10.2 Å². The second-order valence-corrected chi connectivity index (χ2v) is 4.86. The van der Waals surface area contributed by atoms with Crippen LogP contribution in [0.1, 0.15) is 6.92 Å². The van der Waals surface area contributed by atoms with Crippen LogP contribution in [-0.2, 0) is 4.74 Å². The molecule has 2 aliphatic heterocycles. The zero-order chi connectivity index (χ0) is 11.7. The Morgan fingerprint density at radius 3 is 2.81 bits per heavy atom. The van der Waals surface area contributed by atoms with Crippen molar-refractivity contribution in [2.24, 2.45) is 4.99 Å². The van der Waals surface area contributed by atoms with Crippen molar-refractivity contribution in [1.29, 1.82) is 0 Å². The number of ether oxygens (including phenoxy) is 1. The van der Waals surface area contributed by atoms with Crippen molar-refractivity contribution in [3.8, 4) is 0 Å². The largest absolute Gasteiger partial charge is 0.394 e. The number of rotatable bonds is 2. The number of aliphatic imine (C=N–C) groups is 1. The molecular formula is C9H16N2O4S. The van der Waals surface area contributed by atoms with E-state index >= 15 is 0 Å². The first kappa shape index (κ1) is 12.1. The maximum Gasteiger partial charge on any atom is 0.159 e. The topological polar surface area (TPSA) is 94.3 Å². The monoisotopic (exact) mass is 248 g/mol. The molecular weight excluding hydrogens is 232 g/mol. The van der Waals surface area contributed by atoms with Crippen molar-refractivity contribution in [1.82, 2.24) is 5.32 Å². The van der Waals surface area contributed by atoms with Crippen molar-refractivity contribution in [3.05, 3.63) is 0 Å². The molecule has 4 N–H and O–H groups in total. The Morgan fingerprint density at radius 1 is 1.44 bits per heavy atom. The van der Waals surface area contributed by atoms with Gasteiger partial charge in [0.1, 0.15) is 23.7 Å². The summed E-state index contributed by atoms with van der Waals surface area (Å²) in [6.07, 6.45) is -2.75. The summed E-state index contributed by atoms with van der Waals surface area (Å²) in [6.45, 7) is 2.26. The first-order valence-electron chi connectivity index (χ1n) is 5.27. The highest BCUT2D eigenvalue weighted by Gasteiger charge is 2.48. The molecule has 3 unspecified atom stereocenters. The molecule has 2 heterocycles. The number of aliphatic hydroxyl groups excluding tert-OH is 3. The minimum absolute atomic E-state index is 0.303. The van der Waals surface area contributed by atoms with Gasteiger partial charge in [-0.1, -0.05) is 11.8 Å². The SMILES string of the molecule is CCN=C1N[C@@H]2C(O)C(O)C(CO)O[C@@H]2S1. The molecule has 0 spiro atoms. The van der Waals surface area contributed by atoms with E-state index in [2.05, 4.69) is 10.3 Å². The van der Waals surface area contributed by atoms with Gasteiger partial charge in [-0.25, -0.2) is 0 Å². The van der Waals surface area contributed by atoms with Gasteiger partial charge >= 0.3 is 0 Å². The van der Waals surface area contributed by atoms with E-state index in [0.717, 1.165) is 0 Å². The highest BCUT2D eigenvalue weighted by molar-refractivity contribution is 8.14. The van der Waals surface area contributed by atoms with Crippen LogP contribution in [0.2, 0.25) is 0 Å². The Balaban J connectivity index is 2.10. The number of thioether (sulfide) groups is 1. The highest BCUT2D eigenvalue weighted by Crippen LogP contribution is 2.33. The minimum Gasteiger partial charge on any atom is -0.394 e. The third kappa shape index (κ3) is 2.05. The fourth-order valence-corrected chi connectivity index (χ4v) is 3.05. The van der Waals surface area contributed by atoms with Crippen LogP contribution in [0.4, 0.5) is 0 Å². The Kier molecular flexibility index (Phi) is 3.70. The lowest BCUT2D eigenvalue weighted by atomic mass is 9.98. The van der Waals surface area contributed by atoms with Crippen LogP contribution in [0.25, 0.3) is 0 Å². The summed E-state index contributed by atoms with van der Waals surface area (Å²) >= 11 is 1.38. The molecule has 92 valence electrons. The maximum absolute atomic E-state index is 9.86. The third-order valence-electron chi connectivity index (χ3n) is 2.70. The summed E-state index contributed by atoms with van der Waals surface area (Å²) in [5.74, 6) is 0. The number of aliphatic hydroxyl groups is 3. The number of fused-ring (bicyclic) bond motifs is 1. The number of hydrogen-bond acceptors (Lipinski definition) is 6. The van der Waals surface area contributed by atoms with Crippen LogP contribution in [0.5, 0.6) is 0 Å². The van der Waals surface area contributed by atoms with Gasteiger partial charge in [0.15, 0.2) is 5.17 Å². The molecule has 6 nitrogen and oxygen atoms in total. The zero-order valence-electron chi connectivity index (χ0n) is 8.91. The molecule has 16 heavy (non-hydrogen) atoms. The van der Waals surface area contributed by atoms with E-state index < -0.39 is 18.3 Å². The van der Waals surface area contributed by atoms with Gasteiger partial charge in [0, 0.05) is 6.54 Å². The van der Waals surface area contributed by atoms with Crippen LogP contribution in [0.3, 0.4) is 0 Å². The molecule has 2 fully saturated rings. The van der Waals surface area contributed by atoms with E-state index in [1.807, 2.05) is 6.92 Å². The van der Waals surface area contributed by atoms with Crippen molar-refractivity contribution < 1.29 is 20.1 Å². The number of hydrogen-bond donors (Lipinski definition) is 4. The Bertz CT molecular complexity index is 289. The van der Waals surface area contributed by atoms with Crippen molar-refractivity contribution in [3.63, 3.8) is 0 Å². The zero-order valence-corrected chi connectivity index (χ0v) is 9.72. The molecule has 0 bridgehead atoms. The van der Waals surface area contributed by atoms with E-state index in [0.29, 0.717) is 11.7 Å². The van der Waals surface area contributed by atoms with E-state index in [-0.39, 0.29) is 18.1 Å². The van der Waals surface area contributed by atoms with Crippen LogP contribution in [-0.4, -0.2) is 63.4 Å². The van der Waals surface area contributed by atoms with Crippen molar-refractivity contribution in [2.45, 2.75) is 36.7 Å². The lowest BCUT2D eigenvalue weighted by Gasteiger charge is -2.38. The summed E-state index contributed by atoms with van der Waals surface area (Å²) in [7, 11) is 0. The molecule has 2 aliphatic rings. The molecule has 0 radical (unpaired) electrons. The molecule has 5 atom stereocenters. The fourth-order valence-electron chi connectivity index (χ4n) is 1.85.